The number of fused-ring (bicyclic) bond motifs is 1. The SMILES string of the molecule is C1=C(c2cccc(-c3cccc(-c4cccc(-c5nc(-c6ccccc6)nc(-c6ccccc6)n5)c4)c3)c2)C(c2ccccc2)(c2ccccc2)c2ccccc21. The average Bonchev–Trinajstić information content (AvgIpc) is 3.66. The molecule has 8 aromatic carbocycles. The van der Waals surface area contributed by atoms with Crippen molar-refractivity contribution < 1.29 is 0 Å². The maximum Gasteiger partial charge on any atom is 0.164 e. The molecule has 0 N–H and O–H groups in total. The lowest BCUT2D eigenvalue weighted by Crippen LogP contribution is -2.29. The summed E-state index contributed by atoms with van der Waals surface area (Å²) in [7, 11) is 0. The van der Waals surface area contributed by atoms with Crippen LogP contribution in [0.2, 0.25) is 0 Å². The Kier molecular flexibility index (Phi) is 8.74. The van der Waals surface area contributed by atoms with Crippen molar-refractivity contribution in [2.45, 2.75) is 5.41 Å². The minimum absolute atomic E-state index is 0.462. The van der Waals surface area contributed by atoms with E-state index in [4.69, 9.17) is 15.0 Å². The second-order valence-corrected chi connectivity index (χ2v) is 14.4. The van der Waals surface area contributed by atoms with Crippen LogP contribution < -0.4 is 0 Å². The molecule has 0 saturated carbocycles. The van der Waals surface area contributed by atoms with Gasteiger partial charge in [0.15, 0.2) is 17.5 Å². The highest BCUT2D eigenvalue weighted by Crippen LogP contribution is 2.55. The standard InChI is InChI=1S/C54H37N3/c1-5-18-38(19-6-1)51-55-52(39-20-7-2-8-21-39)57-53(56-51)46-28-17-26-43(36-46)41-24-15-23-40(34-41)42-25-16-27-44(35-42)50-37-45-22-13-14-33-49(45)54(50,47-29-9-3-10-30-47)48-31-11-4-12-32-48/h1-37H. The van der Waals surface area contributed by atoms with E-state index in [0.29, 0.717) is 17.5 Å². The van der Waals surface area contributed by atoms with E-state index < -0.39 is 5.41 Å². The molecule has 0 saturated heterocycles. The number of aromatic nitrogens is 3. The Bertz CT molecular complexity index is 2790. The van der Waals surface area contributed by atoms with Gasteiger partial charge in [-0.05, 0) is 79.9 Å². The molecule has 57 heavy (non-hydrogen) atoms. The Balaban J connectivity index is 1.05. The largest absolute Gasteiger partial charge is 0.208 e. The molecule has 9 aromatic rings. The number of hydrogen-bond donors (Lipinski definition) is 0. The van der Waals surface area contributed by atoms with Crippen molar-refractivity contribution in [1.82, 2.24) is 15.0 Å². The summed E-state index contributed by atoms with van der Waals surface area (Å²) < 4.78 is 0. The lowest BCUT2D eigenvalue weighted by Gasteiger charge is -2.36. The Morgan fingerprint density at radius 1 is 0.281 bits per heavy atom. The fraction of sp³-hybridized carbons (Fsp3) is 0.0185. The zero-order chi connectivity index (χ0) is 38.0. The monoisotopic (exact) mass is 727 g/mol. The van der Waals surface area contributed by atoms with Gasteiger partial charge in [-0.15, -0.1) is 0 Å². The number of allylic oxidation sites excluding steroid dienone is 1. The first-order valence-corrected chi connectivity index (χ1v) is 19.4. The number of nitrogens with zero attached hydrogens (tertiary/aromatic N) is 3. The van der Waals surface area contributed by atoms with Gasteiger partial charge in [-0.3, -0.25) is 0 Å². The van der Waals surface area contributed by atoms with Gasteiger partial charge in [-0.2, -0.15) is 0 Å². The summed E-state index contributed by atoms with van der Waals surface area (Å²) in [4.78, 5) is 14.9. The molecular weight excluding hydrogens is 691 g/mol. The van der Waals surface area contributed by atoms with E-state index in [0.717, 1.165) is 38.9 Å². The lowest BCUT2D eigenvalue weighted by atomic mass is 9.65. The molecule has 1 aliphatic rings. The number of hydrogen-bond acceptors (Lipinski definition) is 3. The molecule has 0 aliphatic heterocycles. The normalized spacial score (nSPS) is 12.8. The molecule has 0 unspecified atom stereocenters. The first kappa shape index (κ1) is 34.0. The topological polar surface area (TPSA) is 38.7 Å². The van der Waals surface area contributed by atoms with Crippen LogP contribution in [0.5, 0.6) is 0 Å². The summed E-state index contributed by atoms with van der Waals surface area (Å²) in [6.07, 6.45) is 2.39. The van der Waals surface area contributed by atoms with Crippen molar-refractivity contribution in [2.75, 3.05) is 0 Å². The molecule has 0 amide bonds. The predicted molar refractivity (Wildman–Crippen MR) is 234 cm³/mol. The van der Waals surface area contributed by atoms with Crippen molar-refractivity contribution in [1.29, 1.82) is 0 Å². The Labute approximate surface area is 333 Å². The molecule has 0 bridgehead atoms. The van der Waals surface area contributed by atoms with Crippen LogP contribution in [-0.4, -0.2) is 15.0 Å². The van der Waals surface area contributed by atoms with E-state index in [1.807, 2.05) is 60.7 Å². The van der Waals surface area contributed by atoms with Crippen LogP contribution in [0.4, 0.5) is 0 Å². The van der Waals surface area contributed by atoms with Crippen molar-refractivity contribution >= 4 is 11.6 Å². The Morgan fingerprint density at radius 2 is 0.632 bits per heavy atom. The predicted octanol–water partition coefficient (Wildman–Crippen LogP) is 13.1. The van der Waals surface area contributed by atoms with Crippen LogP contribution in [0.15, 0.2) is 218 Å². The quantitative estimate of drug-likeness (QED) is 0.156. The third-order valence-corrected chi connectivity index (χ3v) is 11.0. The van der Waals surface area contributed by atoms with Gasteiger partial charge in [-0.1, -0.05) is 200 Å². The molecule has 1 aromatic heterocycles. The molecule has 0 radical (unpaired) electrons. The van der Waals surface area contributed by atoms with Gasteiger partial charge in [0, 0.05) is 16.7 Å². The average molecular weight is 728 g/mol. The van der Waals surface area contributed by atoms with E-state index in [9.17, 15) is 0 Å². The van der Waals surface area contributed by atoms with Crippen molar-refractivity contribution in [2.24, 2.45) is 0 Å². The molecule has 268 valence electrons. The summed E-state index contributed by atoms with van der Waals surface area (Å²) >= 11 is 0. The highest BCUT2D eigenvalue weighted by Gasteiger charge is 2.45. The van der Waals surface area contributed by atoms with Gasteiger partial charge >= 0.3 is 0 Å². The minimum atomic E-state index is -0.462. The van der Waals surface area contributed by atoms with Crippen LogP contribution in [-0.2, 0) is 5.41 Å². The highest BCUT2D eigenvalue weighted by atomic mass is 15.0. The van der Waals surface area contributed by atoms with Crippen LogP contribution in [0.25, 0.3) is 68.1 Å². The van der Waals surface area contributed by atoms with Gasteiger partial charge in [0.1, 0.15) is 0 Å². The number of benzene rings is 8. The van der Waals surface area contributed by atoms with E-state index in [1.165, 1.54) is 33.4 Å². The maximum atomic E-state index is 4.99. The van der Waals surface area contributed by atoms with Gasteiger partial charge in [-0.25, -0.2) is 15.0 Å². The smallest absolute Gasteiger partial charge is 0.164 e. The van der Waals surface area contributed by atoms with Crippen molar-refractivity contribution in [3.05, 3.63) is 246 Å². The van der Waals surface area contributed by atoms with Crippen LogP contribution in [0, 0.1) is 0 Å². The Morgan fingerprint density at radius 3 is 1.14 bits per heavy atom. The van der Waals surface area contributed by atoms with Crippen molar-refractivity contribution in [3.63, 3.8) is 0 Å². The van der Waals surface area contributed by atoms with Gasteiger partial charge in [0.25, 0.3) is 0 Å². The van der Waals surface area contributed by atoms with Gasteiger partial charge < -0.3 is 0 Å². The summed E-state index contributed by atoms with van der Waals surface area (Å²) in [6, 6.07) is 77.3. The molecule has 0 atom stereocenters. The zero-order valence-electron chi connectivity index (χ0n) is 31.2. The number of rotatable bonds is 8. The lowest BCUT2D eigenvalue weighted by molar-refractivity contribution is 0.814. The summed E-state index contributed by atoms with van der Waals surface area (Å²) in [5.74, 6) is 1.94. The van der Waals surface area contributed by atoms with E-state index in [-0.39, 0.29) is 0 Å². The van der Waals surface area contributed by atoms with Gasteiger partial charge in [0.2, 0.25) is 0 Å². The van der Waals surface area contributed by atoms with E-state index in [1.54, 1.807) is 0 Å². The van der Waals surface area contributed by atoms with Crippen molar-refractivity contribution in [3.8, 4) is 56.4 Å². The van der Waals surface area contributed by atoms with Crippen LogP contribution in [0.1, 0.15) is 27.8 Å². The molecule has 3 nitrogen and oxygen atoms in total. The highest BCUT2D eigenvalue weighted by molar-refractivity contribution is 6.00. The van der Waals surface area contributed by atoms with E-state index in [2.05, 4.69) is 164 Å². The third-order valence-electron chi connectivity index (χ3n) is 11.0. The third kappa shape index (κ3) is 6.26. The Hall–Kier alpha value is -7.49. The summed E-state index contributed by atoms with van der Waals surface area (Å²) in [6.45, 7) is 0. The maximum absolute atomic E-state index is 4.99. The fourth-order valence-electron chi connectivity index (χ4n) is 8.36. The first-order valence-electron chi connectivity index (χ1n) is 19.4. The van der Waals surface area contributed by atoms with Crippen LogP contribution in [0.3, 0.4) is 0 Å². The fourth-order valence-corrected chi connectivity index (χ4v) is 8.36. The minimum Gasteiger partial charge on any atom is -0.208 e. The molecule has 10 rings (SSSR count). The molecule has 3 heteroatoms. The molecule has 1 aliphatic carbocycles. The zero-order valence-corrected chi connectivity index (χ0v) is 31.2. The van der Waals surface area contributed by atoms with Crippen LogP contribution >= 0.6 is 0 Å². The molecule has 0 fully saturated rings. The van der Waals surface area contributed by atoms with Gasteiger partial charge in [0.05, 0.1) is 5.41 Å². The molecular formula is C54H37N3. The summed E-state index contributed by atoms with van der Waals surface area (Å²) in [5, 5.41) is 0. The second kappa shape index (κ2) is 14.6. The molecule has 1 heterocycles. The first-order chi connectivity index (χ1) is 28.2. The second-order valence-electron chi connectivity index (χ2n) is 14.4. The summed E-state index contributed by atoms with van der Waals surface area (Å²) in [5.41, 5.74) is 14.4. The van der Waals surface area contributed by atoms with E-state index >= 15 is 0 Å². The molecule has 0 spiro atoms.